The van der Waals surface area contributed by atoms with E-state index < -0.39 is 0 Å². The maximum absolute atomic E-state index is 3.05. The normalized spacial score (nSPS) is 24.9. The lowest BCUT2D eigenvalue weighted by atomic mass is 9.60. The maximum Gasteiger partial charge on any atom is 0.112 e. The van der Waals surface area contributed by atoms with Crippen LogP contribution >= 0.6 is 0 Å². The minimum absolute atomic E-state index is 0.0991. The molecular weight excluding hydrogens is 436 g/mol. The van der Waals surface area contributed by atoms with Crippen molar-refractivity contribution in [3.05, 3.63) is 70.9 Å². The van der Waals surface area contributed by atoms with Crippen LogP contribution < -0.4 is 4.90 Å². The highest BCUT2D eigenvalue weighted by Gasteiger charge is 2.63. The van der Waals surface area contributed by atoms with Gasteiger partial charge in [-0.15, -0.1) is 0 Å². The quantitative estimate of drug-likeness (QED) is 0.430. The summed E-state index contributed by atoms with van der Waals surface area (Å²) in [6, 6.07) is 18.7. The molecule has 0 radical (unpaired) electrons. The summed E-state index contributed by atoms with van der Waals surface area (Å²) in [5.41, 5.74) is 9.15. The molecule has 1 unspecified atom stereocenters. The molecule has 192 valence electrons. The predicted molar refractivity (Wildman–Crippen MR) is 153 cm³/mol. The van der Waals surface area contributed by atoms with E-state index in [2.05, 4.69) is 92.9 Å². The van der Waals surface area contributed by atoms with Crippen LogP contribution in [0.5, 0.6) is 0 Å². The van der Waals surface area contributed by atoms with E-state index in [4.69, 9.17) is 0 Å². The molecular formula is C34H46N2. The van der Waals surface area contributed by atoms with Crippen LogP contribution in [0.15, 0.2) is 54.2 Å². The van der Waals surface area contributed by atoms with Crippen LogP contribution in [0.1, 0.15) is 109 Å². The van der Waals surface area contributed by atoms with Crippen molar-refractivity contribution >= 4 is 11.4 Å². The lowest BCUT2D eigenvalue weighted by Gasteiger charge is -2.57. The van der Waals surface area contributed by atoms with Crippen LogP contribution in [0.3, 0.4) is 0 Å². The Morgan fingerprint density at radius 3 is 1.86 bits per heavy atom. The Morgan fingerprint density at radius 1 is 0.722 bits per heavy atom. The topological polar surface area (TPSA) is 6.48 Å². The molecule has 2 saturated carbocycles. The third-order valence-corrected chi connectivity index (χ3v) is 10.1. The summed E-state index contributed by atoms with van der Waals surface area (Å²) in [6.45, 7) is 12.1. The monoisotopic (exact) mass is 482 g/mol. The van der Waals surface area contributed by atoms with Gasteiger partial charge in [-0.1, -0.05) is 102 Å². The van der Waals surface area contributed by atoms with Crippen LogP contribution in [0.2, 0.25) is 0 Å². The van der Waals surface area contributed by atoms with Gasteiger partial charge in [0.1, 0.15) is 6.17 Å². The fourth-order valence-electron chi connectivity index (χ4n) is 8.76. The fourth-order valence-corrected chi connectivity index (χ4v) is 8.76. The van der Waals surface area contributed by atoms with Gasteiger partial charge in [0, 0.05) is 22.4 Å². The first kappa shape index (κ1) is 24.1. The second-order valence-electron chi connectivity index (χ2n) is 13.2. The predicted octanol–water partition coefficient (Wildman–Crippen LogP) is 9.25. The van der Waals surface area contributed by atoms with Crippen molar-refractivity contribution in [2.24, 2.45) is 17.3 Å². The smallest absolute Gasteiger partial charge is 0.112 e. The maximum atomic E-state index is 3.05. The lowest BCUT2D eigenvalue weighted by Crippen LogP contribution is -2.61. The molecule has 2 aromatic carbocycles. The molecule has 2 heteroatoms. The largest absolute Gasteiger partial charge is 0.338 e. The van der Waals surface area contributed by atoms with Crippen molar-refractivity contribution in [1.29, 1.82) is 0 Å². The van der Waals surface area contributed by atoms with Crippen LogP contribution in [0.4, 0.5) is 5.69 Å². The van der Waals surface area contributed by atoms with Crippen molar-refractivity contribution in [3.63, 3.8) is 0 Å². The summed E-state index contributed by atoms with van der Waals surface area (Å²) in [5, 5.41) is 0. The number of hydrogen-bond acceptors (Lipinski definition) is 2. The van der Waals surface area contributed by atoms with E-state index >= 15 is 0 Å². The van der Waals surface area contributed by atoms with Gasteiger partial charge < -0.3 is 9.80 Å². The number of fused-ring (bicyclic) bond motifs is 3. The molecule has 2 fully saturated rings. The Labute approximate surface area is 219 Å². The van der Waals surface area contributed by atoms with Gasteiger partial charge in [-0.25, -0.2) is 0 Å². The van der Waals surface area contributed by atoms with Gasteiger partial charge in [-0.3, -0.25) is 0 Å². The number of allylic oxidation sites excluding steroid dienone is 1. The first-order valence-electron chi connectivity index (χ1n) is 14.8. The second-order valence-corrected chi connectivity index (χ2v) is 13.2. The number of rotatable bonds is 3. The second kappa shape index (κ2) is 8.96. The zero-order valence-electron chi connectivity index (χ0n) is 23.3. The standard InChI is InChI=1S/C34H46N2/c1-24-16-12-15-23-30(24)35-25(2)31-28-21-13-14-22-29(28)34(26-17-8-6-9-18-26,27-19-10-7-11-20-27)36(31)32(35)33(3,4)5/h12-16,21-23,26-27,32H,6-11,17-20H2,1-5H3. The van der Waals surface area contributed by atoms with E-state index in [1.807, 2.05) is 0 Å². The van der Waals surface area contributed by atoms with E-state index in [0.717, 1.165) is 11.8 Å². The van der Waals surface area contributed by atoms with E-state index in [-0.39, 0.29) is 11.0 Å². The zero-order chi connectivity index (χ0) is 25.1. The molecule has 0 bridgehead atoms. The molecule has 2 aliphatic carbocycles. The molecule has 2 aliphatic heterocycles. The Balaban J connectivity index is 1.65. The summed E-state index contributed by atoms with van der Waals surface area (Å²) >= 11 is 0. The molecule has 6 rings (SSSR count). The van der Waals surface area contributed by atoms with Crippen molar-refractivity contribution < 1.29 is 0 Å². The fraction of sp³-hybridized carbons (Fsp3) is 0.588. The average molecular weight is 483 g/mol. The average Bonchev–Trinajstić information content (AvgIpc) is 3.36. The van der Waals surface area contributed by atoms with Gasteiger partial charge in [0.2, 0.25) is 0 Å². The summed E-state index contributed by atoms with van der Waals surface area (Å²) in [5.74, 6) is 1.48. The zero-order valence-corrected chi connectivity index (χ0v) is 23.3. The minimum Gasteiger partial charge on any atom is -0.338 e. The molecule has 0 N–H and O–H groups in total. The Kier molecular flexibility index (Phi) is 6.01. The van der Waals surface area contributed by atoms with Crippen molar-refractivity contribution in [2.45, 2.75) is 111 Å². The molecule has 2 aromatic rings. The third-order valence-electron chi connectivity index (χ3n) is 10.1. The highest BCUT2D eigenvalue weighted by molar-refractivity contribution is 5.83. The number of hydrogen-bond donors (Lipinski definition) is 0. The highest BCUT2D eigenvalue weighted by Crippen LogP contribution is 2.65. The lowest BCUT2D eigenvalue weighted by molar-refractivity contribution is -0.0450. The summed E-state index contributed by atoms with van der Waals surface area (Å²) in [4.78, 5) is 5.78. The molecule has 1 atom stereocenters. The molecule has 36 heavy (non-hydrogen) atoms. The Bertz CT molecular complexity index is 1120. The number of nitrogens with zero attached hydrogens (tertiary/aromatic N) is 2. The first-order chi connectivity index (χ1) is 17.4. The van der Waals surface area contributed by atoms with E-state index in [1.165, 1.54) is 92.4 Å². The van der Waals surface area contributed by atoms with Gasteiger partial charge in [-0.2, -0.15) is 0 Å². The van der Waals surface area contributed by atoms with Gasteiger partial charge >= 0.3 is 0 Å². The molecule has 0 saturated heterocycles. The van der Waals surface area contributed by atoms with Gasteiger partial charge in [-0.05, 0) is 68.6 Å². The van der Waals surface area contributed by atoms with Gasteiger partial charge in [0.15, 0.2) is 0 Å². The van der Waals surface area contributed by atoms with E-state index in [1.54, 1.807) is 5.56 Å². The minimum atomic E-state index is 0.0991. The van der Waals surface area contributed by atoms with Gasteiger partial charge in [0.25, 0.3) is 0 Å². The van der Waals surface area contributed by atoms with Crippen LogP contribution in [-0.4, -0.2) is 11.1 Å². The first-order valence-corrected chi connectivity index (χ1v) is 14.8. The summed E-state index contributed by atoms with van der Waals surface area (Å²) < 4.78 is 0. The number of benzene rings is 2. The molecule has 4 aliphatic rings. The number of anilines is 1. The third kappa shape index (κ3) is 3.42. The molecule has 0 spiro atoms. The summed E-state index contributed by atoms with van der Waals surface area (Å²) in [7, 11) is 0. The summed E-state index contributed by atoms with van der Waals surface area (Å²) in [6.07, 6.45) is 14.3. The van der Waals surface area contributed by atoms with Crippen molar-refractivity contribution in [2.75, 3.05) is 4.90 Å². The Morgan fingerprint density at radius 2 is 1.28 bits per heavy atom. The number of para-hydroxylation sites is 1. The van der Waals surface area contributed by atoms with Crippen LogP contribution in [-0.2, 0) is 5.54 Å². The SMILES string of the molecule is CC1=C2c3ccccc3C(C3CCCCC3)(C3CCCCC3)N2C(C(C)(C)C)N1c1ccccc1C. The van der Waals surface area contributed by atoms with Gasteiger partial charge in [0.05, 0.1) is 11.2 Å². The van der Waals surface area contributed by atoms with Crippen molar-refractivity contribution in [3.8, 4) is 0 Å². The Hall–Kier alpha value is -2.22. The molecule has 2 heterocycles. The molecule has 0 amide bonds. The van der Waals surface area contributed by atoms with Crippen LogP contribution in [0, 0.1) is 24.2 Å². The van der Waals surface area contributed by atoms with Crippen molar-refractivity contribution in [1.82, 2.24) is 4.90 Å². The van der Waals surface area contributed by atoms with E-state index in [0.29, 0.717) is 6.17 Å². The number of aryl methyl sites for hydroxylation is 1. The molecule has 0 aromatic heterocycles. The van der Waals surface area contributed by atoms with E-state index in [9.17, 15) is 0 Å². The molecule has 2 nitrogen and oxygen atoms in total. The highest BCUT2D eigenvalue weighted by atomic mass is 15.5. The van der Waals surface area contributed by atoms with Crippen LogP contribution in [0.25, 0.3) is 5.70 Å².